The maximum Gasteiger partial charge on any atom is 0.338 e. The van der Waals surface area contributed by atoms with Crippen LogP contribution in [0.1, 0.15) is 96.3 Å². The summed E-state index contributed by atoms with van der Waals surface area (Å²) in [6.45, 7) is 16.0. The van der Waals surface area contributed by atoms with Gasteiger partial charge in [0.15, 0.2) is 0 Å². The number of esters is 1. The second kappa shape index (κ2) is 13.4. The van der Waals surface area contributed by atoms with Crippen molar-refractivity contribution in [2.75, 3.05) is 0 Å². The highest BCUT2D eigenvalue weighted by molar-refractivity contribution is 5.91. The molecule has 43 heavy (non-hydrogen) atoms. The molecule has 3 fully saturated rings. The summed E-state index contributed by atoms with van der Waals surface area (Å²) < 4.78 is 5.70. The fourth-order valence-electron chi connectivity index (χ4n) is 7.47. The summed E-state index contributed by atoms with van der Waals surface area (Å²) in [6.07, 6.45) is 16.6. The van der Waals surface area contributed by atoms with E-state index < -0.39 is 33.3 Å². The lowest BCUT2D eigenvalue weighted by atomic mass is 9.61. The van der Waals surface area contributed by atoms with E-state index in [1.807, 2.05) is 0 Å². The molecule has 0 heterocycles. The molecule has 0 aliphatic heterocycles. The number of hydrogen-bond donors (Lipinski definition) is 0. The molecule has 0 saturated heterocycles. The van der Waals surface area contributed by atoms with Crippen molar-refractivity contribution in [2.24, 2.45) is 35.0 Å². The standard InChI is InChI=1S/C35H46N2O6/c1-22(2)23(3)9-10-25(5)32-15-16-33-26(8-7-17-35(32,33)6)12-13-27-20-31(14-11-24(27)4)43-34(38)28-18-29(36(39)40)21-30(19-28)37(41)42/h9-10,12-13,18-19,21-23,25,31-33H,4,7-8,11,14-17,20H2,1-3,5-6H3/b10-9+,26-12+,27-13-. The van der Waals surface area contributed by atoms with Gasteiger partial charge < -0.3 is 4.74 Å². The highest BCUT2D eigenvalue weighted by Gasteiger charge is 2.50. The number of rotatable bonds is 9. The normalized spacial score (nSPS) is 29.2. The average molecular weight is 591 g/mol. The Morgan fingerprint density at radius 2 is 1.67 bits per heavy atom. The van der Waals surface area contributed by atoms with E-state index in [1.54, 1.807) is 0 Å². The number of hydrogen-bond acceptors (Lipinski definition) is 6. The predicted molar refractivity (Wildman–Crippen MR) is 169 cm³/mol. The van der Waals surface area contributed by atoms with Crippen LogP contribution in [0.25, 0.3) is 0 Å². The third kappa shape index (κ3) is 7.34. The highest BCUT2D eigenvalue weighted by atomic mass is 16.6. The van der Waals surface area contributed by atoms with Crippen molar-refractivity contribution in [2.45, 2.75) is 92.1 Å². The van der Waals surface area contributed by atoms with Crippen molar-refractivity contribution in [1.29, 1.82) is 0 Å². The lowest BCUT2D eigenvalue weighted by molar-refractivity contribution is -0.394. The lowest BCUT2D eigenvalue weighted by Crippen LogP contribution is -2.35. The van der Waals surface area contributed by atoms with Gasteiger partial charge in [-0.15, -0.1) is 0 Å². The summed E-state index contributed by atoms with van der Waals surface area (Å²) in [5.74, 6) is 2.21. The van der Waals surface area contributed by atoms with Gasteiger partial charge in [-0.05, 0) is 85.5 Å². The predicted octanol–water partition coefficient (Wildman–Crippen LogP) is 9.32. The van der Waals surface area contributed by atoms with E-state index in [1.165, 1.54) is 31.3 Å². The Morgan fingerprint density at radius 1 is 1.00 bits per heavy atom. The number of benzene rings is 1. The molecule has 1 aromatic rings. The molecule has 0 amide bonds. The Kier molecular flexibility index (Phi) is 10.1. The number of non-ortho nitro benzene ring substituents is 2. The van der Waals surface area contributed by atoms with Crippen LogP contribution in [0, 0.1) is 55.2 Å². The molecule has 6 atom stereocenters. The van der Waals surface area contributed by atoms with E-state index in [4.69, 9.17) is 4.74 Å². The Balaban J connectivity index is 1.47. The van der Waals surface area contributed by atoms with E-state index in [0.29, 0.717) is 48.9 Å². The van der Waals surface area contributed by atoms with Crippen LogP contribution in [0.2, 0.25) is 0 Å². The maximum atomic E-state index is 12.9. The first-order valence-corrected chi connectivity index (χ1v) is 15.7. The molecule has 3 aliphatic rings. The summed E-state index contributed by atoms with van der Waals surface area (Å²) in [5.41, 5.74) is 2.63. The molecule has 0 spiro atoms. The second-order valence-corrected chi connectivity index (χ2v) is 13.5. The van der Waals surface area contributed by atoms with Crippen molar-refractivity contribution in [1.82, 2.24) is 0 Å². The van der Waals surface area contributed by atoms with Gasteiger partial charge in [0, 0.05) is 18.6 Å². The number of carbonyl (C=O) groups is 1. The number of nitro benzene ring substituents is 2. The van der Waals surface area contributed by atoms with Crippen LogP contribution in [0.4, 0.5) is 11.4 Å². The van der Waals surface area contributed by atoms with Crippen molar-refractivity contribution in [3.8, 4) is 0 Å². The molecule has 8 nitrogen and oxygen atoms in total. The van der Waals surface area contributed by atoms with E-state index in [0.717, 1.165) is 35.8 Å². The highest BCUT2D eigenvalue weighted by Crippen LogP contribution is 2.59. The van der Waals surface area contributed by atoms with Gasteiger partial charge in [0.05, 0.1) is 21.5 Å². The van der Waals surface area contributed by atoms with Gasteiger partial charge >= 0.3 is 5.97 Å². The number of nitro groups is 2. The Labute approximate surface area is 255 Å². The third-order valence-electron chi connectivity index (χ3n) is 10.4. The van der Waals surface area contributed by atoms with Gasteiger partial charge in [0.25, 0.3) is 11.4 Å². The number of allylic oxidation sites excluding steroid dienone is 6. The minimum atomic E-state index is -0.798. The molecule has 4 rings (SSSR count). The monoisotopic (exact) mass is 590 g/mol. The second-order valence-electron chi connectivity index (χ2n) is 13.5. The molecule has 0 radical (unpaired) electrons. The summed E-state index contributed by atoms with van der Waals surface area (Å²) in [6, 6.07) is 2.88. The molecule has 0 bridgehead atoms. The third-order valence-corrected chi connectivity index (χ3v) is 10.4. The van der Waals surface area contributed by atoms with E-state index in [2.05, 4.69) is 65.5 Å². The van der Waals surface area contributed by atoms with Crippen LogP contribution in [-0.2, 0) is 4.74 Å². The number of nitrogens with zero attached hydrogens (tertiary/aromatic N) is 2. The lowest BCUT2D eigenvalue weighted by Gasteiger charge is -2.44. The molecule has 3 aliphatic carbocycles. The minimum absolute atomic E-state index is 0.196. The summed E-state index contributed by atoms with van der Waals surface area (Å²) in [4.78, 5) is 33.9. The first-order chi connectivity index (χ1) is 20.3. The quantitative estimate of drug-likeness (QED) is 0.123. The van der Waals surface area contributed by atoms with Crippen molar-refractivity contribution in [3.63, 3.8) is 0 Å². The molecule has 8 heteroatoms. The summed E-state index contributed by atoms with van der Waals surface area (Å²) in [5, 5.41) is 22.5. The van der Waals surface area contributed by atoms with Crippen LogP contribution < -0.4 is 0 Å². The van der Waals surface area contributed by atoms with E-state index in [-0.39, 0.29) is 11.0 Å². The minimum Gasteiger partial charge on any atom is -0.458 e. The topological polar surface area (TPSA) is 113 Å². The Hall–Kier alpha value is -3.55. The smallest absolute Gasteiger partial charge is 0.338 e. The average Bonchev–Trinajstić information content (AvgIpc) is 3.33. The van der Waals surface area contributed by atoms with Crippen molar-refractivity contribution in [3.05, 3.63) is 91.6 Å². The van der Waals surface area contributed by atoms with Crippen LogP contribution in [0.3, 0.4) is 0 Å². The zero-order valence-electron chi connectivity index (χ0n) is 26.2. The molecule has 0 aromatic heterocycles. The first kappa shape index (κ1) is 32.4. The zero-order chi connectivity index (χ0) is 31.5. The molecule has 0 N–H and O–H groups in total. The van der Waals surface area contributed by atoms with Gasteiger partial charge in [-0.1, -0.05) is 76.6 Å². The number of fused-ring (bicyclic) bond motifs is 1. The Morgan fingerprint density at radius 3 is 2.30 bits per heavy atom. The fraction of sp³-hybridized carbons (Fsp3) is 0.571. The fourth-order valence-corrected chi connectivity index (χ4v) is 7.47. The number of carbonyl (C=O) groups excluding carboxylic acids is 1. The molecule has 232 valence electrons. The van der Waals surface area contributed by atoms with Crippen LogP contribution in [0.5, 0.6) is 0 Å². The van der Waals surface area contributed by atoms with Crippen molar-refractivity contribution < 1.29 is 19.4 Å². The van der Waals surface area contributed by atoms with Crippen LogP contribution in [0.15, 0.2) is 65.8 Å². The largest absolute Gasteiger partial charge is 0.458 e. The SMILES string of the molecule is C=C1CCC(OC(=O)c2cc([N+](=O)[O-])cc([N+](=O)[O-])c2)C/C1=C/C=C1\CCCC2(C)C1CCC2C(C)/C=C/C(C)C(C)C. The summed E-state index contributed by atoms with van der Waals surface area (Å²) >= 11 is 0. The molecular formula is C35H46N2O6. The van der Waals surface area contributed by atoms with Crippen LogP contribution in [-0.4, -0.2) is 21.9 Å². The number of ether oxygens (including phenoxy) is 1. The zero-order valence-corrected chi connectivity index (χ0v) is 26.2. The van der Waals surface area contributed by atoms with Gasteiger partial charge in [0.1, 0.15) is 6.10 Å². The molecule has 1 aromatic carbocycles. The molecular weight excluding hydrogens is 544 g/mol. The van der Waals surface area contributed by atoms with Gasteiger partial charge in [0.2, 0.25) is 0 Å². The van der Waals surface area contributed by atoms with Gasteiger partial charge in [-0.2, -0.15) is 0 Å². The Bertz CT molecular complexity index is 1330. The van der Waals surface area contributed by atoms with Crippen LogP contribution >= 0.6 is 0 Å². The summed E-state index contributed by atoms with van der Waals surface area (Å²) in [7, 11) is 0. The first-order valence-electron chi connectivity index (χ1n) is 15.7. The molecule has 3 saturated carbocycles. The van der Waals surface area contributed by atoms with E-state index in [9.17, 15) is 25.0 Å². The van der Waals surface area contributed by atoms with E-state index >= 15 is 0 Å². The van der Waals surface area contributed by atoms with Gasteiger partial charge in [-0.3, -0.25) is 20.2 Å². The molecule has 6 unspecified atom stereocenters. The van der Waals surface area contributed by atoms with Gasteiger partial charge in [-0.25, -0.2) is 4.79 Å². The maximum absolute atomic E-state index is 12.9. The van der Waals surface area contributed by atoms with Crippen molar-refractivity contribution >= 4 is 17.3 Å².